The van der Waals surface area contributed by atoms with E-state index in [4.69, 9.17) is 4.42 Å². The van der Waals surface area contributed by atoms with Crippen molar-refractivity contribution in [3.8, 4) is 16.8 Å². The lowest BCUT2D eigenvalue weighted by Crippen LogP contribution is -2.10. The highest BCUT2D eigenvalue weighted by molar-refractivity contribution is 7.25. The molecule has 0 N–H and O–H groups in total. The number of rotatable bonds is 5. The number of hydrogen-bond donors (Lipinski definition) is 0. The Labute approximate surface area is 303 Å². The van der Waals surface area contributed by atoms with Crippen LogP contribution in [0.3, 0.4) is 0 Å². The molecule has 0 fully saturated rings. The van der Waals surface area contributed by atoms with Crippen LogP contribution in [0.1, 0.15) is 0 Å². The molecule has 0 aliphatic heterocycles. The fourth-order valence-corrected chi connectivity index (χ4v) is 9.21. The third-order valence-electron chi connectivity index (χ3n) is 10.4. The van der Waals surface area contributed by atoms with Crippen molar-refractivity contribution in [1.82, 2.24) is 4.57 Å². The fraction of sp³-hybridized carbons (Fsp3) is 0. The summed E-state index contributed by atoms with van der Waals surface area (Å²) in [5.74, 6) is 0. The minimum absolute atomic E-state index is 0.878. The van der Waals surface area contributed by atoms with Gasteiger partial charge in [-0.15, -0.1) is 11.3 Å². The molecule has 0 unspecified atom stereocenters. The van der Waals surface area contributed by atoms with Gasteiger partial charge >= 0.3 is 0 Å². The van der Waals surface area contributed by atoms with Crippen LogP contribution in [-0.4, -0.2) is 4.57 Å². The molecule has 11 aromatic rings. The van der Waals surface area contributed by atoms with E-state index in [2.05, 4.69) is 185 Å². The van der Waals surface area contributed by atoms with E-state index in [0.29, 0.717) is 0 Å². The first kappa shape index (κ1) is 29.1. The second-order valence-electron chi connectivity index (χ2n) is 13.3. The normalized spacial score (nSPS) is 11.8. The third-order valence-corrected chi connectivity index (χ3v) is 11.5. The molecule has 0 spiro atoms. The van der Waals surface area contributed by atoms with Crippen molar-refractivity contribution in [1.29, 1.82) is 0 Å². The molecular formula is C48H30N2OS. The minimum atomic E-state index is 0.878. The van der Waals surface area contributed by atoms with Crippen molar-refractivity contribution >= 4 is 92.3 Å². The van der Waals surface area contributed by atoms with Crippen LogP contribution in [-0.2, 0) is 0 Å². The van der Waals surface area contributed by atoms with E-state index in [9.17, 15) is 0 Å². The molecule has 11 rings (SSSR count). The van der Waals surface area contributed by atoms with Crippen LogP contribution >= 0.6 is 11.3 Å². The largest absolute Gasteiger partial charge is 0.455 e. The summed E-state index contributed by atoms with van der Waals surface area (Å²) in [7, 11) is 0. The van der Waals surface area contributed by atoms with Gasteiger partial charge in [-0.1, -0.05) is 109 Å². The Balaban J connectivity index is 1.16. The molecule has 0 aliphatic carbocycles. The number of furan rings is 1. The maximum Gasteiger partial charge on any atom is 0.145 e. The zero-order valence-corrected chi connectivity index (χ0v) is 28.8. The van der Waals surface area contributed by atoms with Gasteiger partial charge in [-0.3, -0.25) is 0 Å². The molecule has 0 saturated carbocycles. The van der Waals surface area contributed by atoms with E-state index in [1.165, 1.54) is 42.0 Å². The number of anilines is 3. The summed E-state index contributed by atoms with van der Waals surface area (Å²) in [4.78, 5) is 2.40. The Hall–Kier alpha value is -6.62. The molecule has 0 radical (unpaired) electrons. The second kappa shape index (κ2) is 11.5. The van der Waals surface area contributed by atoms with Crippen molar-refractivity contribution < 1.29 is 4.42 Å². The van der Waals surface area contributed by atoms with Crippen LogP contribution in [0.15, 0.2) is 186 Å². The predicted molar refractivity (Wildman–Crippen MR) is 221 cm³/mol. The lowest BCUT2D eigenvalue weighted by Gasteiger charge is -2.27. The molecular weight excluding hydrogens is 653 g/mol. The minimum Gasteiger partial charge on any atom is -0.455 e. The SMILES string of the molecule is c1ccc(-c2ccc(N(c3ccc(-n4c5ccccc5c5ccccc54)cc3)c3ccc4c(c3)sc3ccccc34)c3c2oc2ccccc23)cc1. The molecule has 3 nitrogen and oxygen atoms in total. The summed E-state index contributed by atoms with van der Waals surface area (Å²) in [6, 6.07) is 65.4. The molecule has 0 bridgehead atoms. The van der Waals surface area contributed by atoms with E-state index >= 15 is 0 Å². The van der Waals surface area contributed by atoms with Gasteiger partial charge in [-0.25, -0.2) is 0 Å². The topological polar surface area (TPSA) is 21.3 Å². The number of benzene rings is 8. The van der Waals surface area contributed by atoms with Gasteiger partial charge in [-0.05, 0) is 78.4 Å². The number of fused-ring (bicyclic) bond motifs is 9. The number of aromatic nitrogens is 1. The molecule has 0 amide bonds. The monoisotopic (exact) mass is 682 g/mol. The highest BCUT2D eigenvalue weighted by Gasteiger charge is 2.23. The van der Waals surface area contributed by atoms with Crippen molar-refractivity contribution in [3.63, 3.8) is 0 Å². The van der Waals surface area contributed by atoms with E-state index in [1.807, 2.05) is 17.4 Å². The number of nitrogens with zero attached hydrogens (tertiary/aromatic N) is 2. The van der Waals surface area contributed by atoms with Crippen LogP contribution in [0.2, 0.25) is 0 Å². The maximum absolute atomic E-state index is 6.73. The molecule has 52 heavy (non-hydrogen) atoms. The van der Waals surface area contributed by atoms with Gasteiger partial charge in [0, 0.05) is 59.0 Å². The van der Waals surface area contributed by atoms with E-state index in [-0.39, 0.29) is 0 Å². The second-order valence-corrected chi connectivity index (χ2v) is 14.4. The predicted octanol–water partition coefficient (Wildman–Crippen LogP) is 14.2. The summed E-state index contributed by atoms with van der Waals surface area (Å²) in [6.45, 7) is 0. The van der Waals surface area contributed by atoms with Crippen molar-refractivity contribution in [2.75, 3.05) is 4.90 Å². The molecule has 0 atom stereocenters. The molecule has 8 aromatic carbocycles. The number of thiophene rings is 1. The Kier molecular flexibility index (Phi) is 6.42. The average Bonchev–Trinajstić information content (AvgIpc) is 3.89. The summed E-state index contributed by atoms with van der Waals surface area (Å²) in [5.41, 5.74) is 10.8. The first-order chi connectivity index (χ1) is 25.8. The Morgan fingerprint density at radius 2 is 1.08 bits per heavy atom. The van der Waals surface area contributed by atoms with Crippen molar-refractivity contribution in [2.24, 2.45) is 0 Å². The van der Waals surface area contributed by atoms with Crippen LogP contribution in [0.5, 0.6) is 0 Å². The summed E-state index contributed by atoms with van der Waals surface area (Å²) in [6.07, 6.45) is 0. The van der Waals surface area contributed by atoms with Crippen LogP contribution in [0.25, 0.3) is 80.7 Å². The summed E-state index contributed by atoms with van der Waals surface area (Å²) in [5, 5.41) is 7.29. The van der Waals surface area contributed by atoms with Crippen LogP contribution in [0, 0.1) is 0 Å². The Morgan fingerprint density at radius 3 is 1.85 bits per heavy atom. The van der Waals surface area contributed by atoms with E-state index in [1.54, 1.807) is 0 Å². The quantitative estimate of drug-likeness (QED) is 0.180. The van der Waals surface area contributed by atoms with Gasteiger partial charge in [0.2, 0.25) is 0 Å². The van der Waals surface area contributed by atoms with Gasteiger partial charge in [0.1, 0.15) is 11.2 Å². The molecule has 3 aromatic heterocycles. The van der Waals surface area contributed by atoms with Gasteiger partial charge in [0.25, 0.3) is 0 Å². The summed E-state index contributed by atoms with van der Waals surface area (Å²) >= 11 is 1.85. The van der Waals surface area contributed by atoms with Crippen LogP contribution in [0.4, 0.5) is 17.1 Å². The number of hydrogen-bond acceptors (Lipinski definition) is 3. The van der Waals surface area contributed by atoms with Crippen LogP contribution < -0.4 is 4.90 Å². The third kappa shape index (κ3) is 4.38. The van der Waals surface area contributed by atoms with E-state index < -0.39 is 0 Å². The maximum atomic E-state index is 6.73. The number of para-hydroxylation sites is 3. The van der Waals surface area contributed by atoms with E-state index in [0.717, 1.165) is 55.8 Å². The standard InChI is InChI=1S/C48H30N2OS/c1-2-12-31(13-3-1)35-28-29-43(47-40-17-6-10-20-44(40)51-48(35)47)49(34-26-27-39-38-16-7-11-21-45(38)52-46(39)30-34)32-22-24-33(25-23-32)50-41-18-8-4-14-36(41)37-15-5-9-19-42(37)50/h1-30H. The fourth-order valence-electron chi connectivity index (χ4n) is 8.07. The molecule has 244 valence electrons. The summed E-state index contributed by atoms with van der Waals surface area (Å²) < 4.78 is 11.7. The lowest BCUT2D eigenvalue weighted by atomic mass is 10.00. The van der Waals surface area contributed by atoms with Crippen molar-refractivity contribution in [3.05, 3.63) is 182 Å². The first-order valence-electron chi connectivity index (χ1n) is 17.6. The highest BCUT2D eigenvalue weighted by atomic mass is 32.1. The molecule has 4 heteroatoms. The lowest BCUT2D eigenvalue weighted by molar-refractivity contribution is 0.670. The Bertz CT molecular complexity index is 3080. The molecule has 3 heterocycles. The average molecular weight is 683 g/mol. The van der Waals surface area contributed by atoms with Gasteiger partial charge in [0.15, 0.2) is 0 Å². The zero-order valence-electron chi connectivity index (χ0n) is 28.0. The smallest absolute Gasteiger partial charge is 0.145 e. The molecule has 0 saturated heterocycles. The van der Waals surface area contributed by atoms with Gasteiger partial charge < -0.3 is 13.9 Å². The van der Waals surface area contributed by atoms with Gasteiger partial charge in [-0.2, -0.15) is 0 Å². The zero-order chi connectivity index (χ0) is 34.2. The first-order valence-corrected chi connectivity index (χ1v) is 18.4. The van der Waals surface area contributed by atoms with Crippen molar-refractivity contribution in [2.45, 2.75) is 0 Å². The van der Waals surface area contributed by atoms with Gasteiger partial charge in [0.05, 0.1) is 22.1 Å². The Morgan fingerprint density at radius 1 is 0.462 bits per heavy atom. The molecule has 0 aliphatic rings. The highest BCUT2D eigenvalue weighted by Crippen LogP contribution is 2.47.